The zero-order valence-electron chi connectivity index (χ0n) is 27.5. The molecule has 2 N–H and O–H groups in total. The average Bonchev–Trinajstić information content (AvgIpc) is 3.45. The number of nitrogens with zero attached hydrogens (tertiary/aromatic N) is 4. The minimum absolute atomic E-state index is 0.0771. The number of fused-ring (bicyclic) bond motifs is 1. The molecule has 0 bridgehead atoms. The maximum absolute atomic E-state index is 13.9. The van der Waals surface area contributed by atoms with Crippen molar-refractivity contribution in [1.29, 1.82) is 0 Å². The van der Waals surface area contributed by atoms with Crippen molar-refractivity contribution in [3.05, 3.63) is 88.9 Å². The number of hydrogen-bond acceptors (Lipinski definition) is 9. The molecule has 12 nitrogen and oxygen atoms in total. The molecule has 47 heavy (non-hydrogen) atoms. The molecular formula is C35H42N6O6. The monoisotopic (exact) mass is 642 g/mol. The predicted molar refractivity (Wildman–Crippen MR) is 177 cm³/mol. The van der Waals surface area contributed by atoms with Crippen LogP contribution in [0.2, 0.25) is 0 Å². The first kappa shape index (κ1) is 33.4. The molecule has 248 valence electrons. The lowest BCUT2D eigenvalue weighted by Crippen LogP contribution is -2.39. The van der Waals surface area contributed by atoms with Crippen LogP contribution < -0.4 is 20.3 Å². The smallest absolute Gasteiger partial charge is 0.325 e. The van der Waals surface area contributed by atoms with Gasteiger partial charge in [0.05, 0.1) is 12.7 Å². The van der Waals surface area contributed by atoms with E-state index in [1.165, 1.54) is 16.9 Å². The molecular weight excluding hydrogens is 600 g/mol. The van der Waals surface area contributed by atoms with Gasteiger partial charge in [-0.25, -0.2) is 9.50 Å². The molecule has 2 amide bonds. The number of methoxy groups -OCH3 is 1. The molecule has 1 saturated heterocycles. The van der Waals surface area contributed by atoms with Crippen LogP contribution in [-0.2, 0) is 27.4 Å². The largest absolute Gasteiger partial charge is 0.497 e. The summed E-state index contributed by atoms with van der Waals surface area (Å²) in [7, 11) is 1.62. The van der Waals surface area contributed by atoms with Gasteiger partial charge in [0.25, 0.3) is 11.8 Å². The summed E-state index contributed by atoms with van der Waals surface area (Å²) < 4.78 is 17.6. The number of aromatic nitrogens is 3. The fourth-order valence-electron chi connectivity index (χ4n) is 5.39. The molecule has 0 unspecified atom stereocenters. The molecule has 0 aliphatic carbocycles. The Labute approximate surface area is 274 Å². The summed E-state index contributed by atoms with van der Waals surface area (Å²) in [5, 5.41) is 10.2. The fourth-order valence-corrected chi connectivity index (χ4v) is 5.39. The van der Waals surface area contributed by atoms with Crippen LogP contribution >= 0.6 is 0 Å². The van der Waals surface area contributed by atoms with E-state index in [0.29, 0.717) is 50.5 Å². The first-order valence-electron chi connectivity index (χ1n) is 15.7. The van der Waals surface area contributed by atoms with Gasteiger partial charge >= 0.3 is 5.97 Å². The summed E-state index contributed by atoms with van der Waals surface area (Å²) in [6, 6.07) is 17.4. The molecule has 3 heterocycles. The van der Waals surface area contributed by atoms with Gasteiger partial charge in [0.2, 0.25) is 0 Å². The second-order valence-corrected chi connectivity index (χ2v) is 12.6. The van der Waals surface area contributed by atoms with E-state index >= 15 is 0 Å². The third-order valence-corrected chi connectivity index (χ3v) is 7.71. The van der Waals surface area contributed by atoms with Crippen molar-refractivity contribution in [3.63, 3.8) is 0 Å². The molecule has 1 fully saturated rings. The molecule has 2 aromatic carbocycles. The molecule has 0 radical (unpaired) electrons. The van der Waals surface area contributed by atoms with Gasteiger partial charge < -0.3 is 29.7 Å². The number of esters is 1. The molecule has 4 aromatic rings. The SMILES string of the molecule is COc1ccc(CN(Cc2ccc(C)cc2)c2ncnn3c(C(=O)NCC(=O)OC(C)(C)C)cc(C(=O)NC4CCOCC4)c23)cc1. The normalized spacial score (nSPS) is 13.6. The lowest BCUT2D eigenvalue weighted by atomic mass is 10.1. The fraction of sp³-hybridized carbons (Fsp3) is 0.400. The summed E-state index contributed by atoms with van der Waals surface area (Å²) in [6.07, 6.45) is 2.73. The molecule has 12 heteroatoms. The Hall–Kier alpha value is -4.97. The summed E-state index contributed by atoms with van der Waals surface area (Å²) in [5.74, 6) is -0.302. The van der Waals surface area contributed by atoms with Crippen molar-refractivity contribution in [3.8, 4) is 5.75 Å². The minimum atomic E-state index is -0.702. The number of carbonyl (C=O) groups excluding carboxylic acids is 3. The summed E-state index contributed by atoms with van der Waals surface area (Å²) in [6.45, 7) is 8.97. The van der Waals surface area contributed by atoms with E-state index in [-0.39, 0.29) is 29.8 Å². The third kappa shape index (κ3) is 8.64. The first-order chi connectivity index (χ1) is 22.5. The zero-order valence-corrected chi connectivity index (χ0v) is 27.5. The molecule has 0 spiro atoms. The van der Waals surface area contributed by atoms with E-state index in [1.54, 1.807) is 27.9 Å². The quantitative estimate of drug-likeness (QED) is 0.230. The van der Waals surface area contributed by atoms with Gasteiger partial charge in [-0.2, -0.15) is 5.10 Å². The lowest BCUT2D eigenvalue weighted by molar-refractivity contribution is -0.153. The van der Waals surface area contributed by atoms with Crippen LogP contribution in [0.1, 0.15) is 71.1 Å². The molecule has 0 atom stereocenters. The maximum atomic E-state index is 13.9. The number of benzene rings is 2. The number of amides is 2. The van der Waals surface area contributed by atoms with Crippen molar-refractivity contribution < 1.29 is 28.6 Å². The van der Waals surface area contributed by atoms with Crippen LogP contribution in [0.25, 0.3) is 5.52 Å². The van der Waals surface area contributed by atoms with Crippen molar-refractivity contribution >= 4 is 29.1 Å². The second-order valence-electron chi connectivity index (χ2n) is 12.6. The van der Waals surface area contributed by atoms with E-state index in [4.69, 9.17) is 19.2 Å². The Morgan fingerprint density at radius 2 is 1.62 bits per heavy atom. The van der Waals surface area contributed by atoms with Gasteiger partial charge in [0, 0.05) is 32.3 Å². The number of anilines is 1. The molecule has 1 aliphatic rings. The molecule has 0 saturated carbocycles. The van der Waals surface area contributed by atoms with Gasteiger partial charge in [0.1, 0.15) is 35.4 Å². The Bertz CT molecular complexity index is 1710. The van der Waals surface area contributed by atoms with Crippen LogP contribution in [0.15, 0.2) is 60.9 Å². The van der Waals surface area contributed by atoms with Crippen molar-refractivity contribution in [2.45, 2.75) is 65.3 Å². The van der Waals surface area contributed by atoms with E-state index < -0.39 is 17.5 Å². The molecule has 5 rings (SSSR count). The number of aryl methyl sites for hydroxylation is 1. The number of hydrogen-bond donors (Lipinski definition) is 2. The van der Waals surface area contributed by atoms with Crippen LogP contribution in [0, 0.1) is 6.92 Å². The van der Waals surface area contributed by atoms with E-state index in [9.17, 15) is 14.4 Å². The molecule has 2 aromatic heterocycles. The number of ether oxygens (including phenoxy) is 3. The predicted octanol–water partition coefficient (Wildman–Crippen LogP) is 4.23. The standard InChI is InChI=1S/C35H42N6O6/c1-23-6-8-24(9-7-23)20-40(21-25-10-12-27(45-5)13-11-25)32-31-28(33(43)39-26-14-16-46-17-15-26)18-29(41(31)38-22-37-32)34(44)36-19-30(42)47-35(2,3)4/h6-13,18,22,26H,14-17,19-21H2,1-5H3,(H,36,44)(H,39,43). The molecule has 1 aliphatic heterocycles. The van der Waals surface area contributed by atoms with E-state index in [0.717, 1.165) is 22.4 Å². The average molecular weight is 643 g/mol. The van der Waals surface area contributed by atoms with Gasteiger partial charge in [0.15, 0.2) is 5.82 Å². The van der Waals surface area contributed by atoms with Crippen LogP contribution in [0.4, 0.5) is 5.82 Å². The summed E-state index contributed by atoms with van der Waals surface area (Å²) >= 11 is 0. The highest BCUT2D eigenvalue weighted by Gasteiger charge is 2.28. The van der Waals surface area contributed by atoms with Crippen molar-refractivity contribution in [1.82, 2.24) is 25.2 Å². The van der Waals surface area contributed by atoms with Gasteiger partial charge in [-0.15, -0.1) is 0 Å². The first-order valence-corrected chi connectivity index (χ1v) is 15.7. The summed E-state index contributed by atoms with van der Waals surface area (Å²) in [5.41, 5.74) is 3.18. The maximum Gasteiger partial charge on any atom is 0.325 e. The van der Waals surface area contributed by atoms with Crippen LogP contribution in [-0.4, -0.2) is 70.9 Å². The zero-order chi connectivity index (χ0) is 33.6. The Morgan fingerprint density at radius 3 is 2.23 bits per heavy atom. The minimum Gasteiger partial charge on any atom is -0.497 e. The van der Waals surface area contributed by atoms with E-state index in [2.05, 4.69) is 32.8 Å². The van der Waals surface area contributed by atoms with Gasteiger partial charge in [-0.3, -0.25) is 14.4 Å². The highest BCUT2D eigenvalue weighted by atomic mass is 16.6. The Morgan fingerprint density at radius 1 is 0.979 bits per heavy atom. The number of nitrogens with one attached hydrogen (secondary N) is 2. The highest BCUT2D eigenvalue weighted by molar-refractivity contribution is 6.08. The third-order valence-electron chi connectivity index (χ3n) is 7.71. The second kappa shape index (κ2) is 14.6. The van der Waals surface area contributed by atoms with Gasteiger partial charge in [-0.05, 0) is 69.9 Å². The summed E-state index contributed by atoms with van der Waals surface area (Å²) in [4.78, 5) is 46.6. The number of carbonyl (C=O) groups is 3. The lowest BCUT2D eigenvalue weighted by Gasteiger charge is -2.26. The van der Waals surface area contributed by atoms with Crippen molar-refractivity contribution in [2.75, 3.05) is 31.8 Å². The van der Waals surface area contributed by atoms with Crippen LogP contribution in [0.5, 0.6) is 5.75 Å². The van der Waals surface area contributed by atoms with Gasteiger partial charge in [-0.1, -0.05) is 42.0 Å². The highest BCUT2D eigenvalue weighted by Crippen LogP contribution is 2.29. The van der Waals surface area contributed by atoms with Crippen LogP contribution in [0.3, 0.4) is 0 Å². The van der Waals surface area contributed by atoms with Crippen molar-refractivity contribution in [2.24, 2.45) is 0 Å². The topological polar surface area (TPSA) is 136 Å². The Kier molecular flexibility index (Phi) is 10.4. The Balaban J connectivity index is 1.57. The van der Waals surface area contributed by atoms with E-state index in [1.807, 2.05) is 43.3 Å². The number of rotatable bonds is 11.